The van der Waals surface area contributed by atoms with E-state index < -0.39 is 0 Å². The van der Waals surface area contributed by atoms with Gasteiger partial charge in [0, 0.05) is 24.9 Å². The van der Waals surface area contributed by atoms with Crippen molar-refractivity contribution in [3.05, 3.63) is 53.5 Å². The number of rotatable bonds is 5. The minimum absolute atomic E-state index is 0.112. The van der Waals surface area contributed by atoms with Crippen molar-refractivity contribution in [2.75, 3.05) is 6.54 Å². The van der Waals surface area contributed by atoms with Crippen LogP contribution in [0.15, 0.2) is 36.7 Å². The molecule has 6 heteroatoms. The molecule has 1 fully saturated rings. The van der Waals surface area contributed by atoms with Crippen LogP contribution in [0.4, 0.5) is 0 Å². The van der Waals surface area contributed by atoms with Crippen LogP contribution in [0.2, 0.25) is 0 Å². The number of carbonyl (C=O) groups is 1. The number of benzene rings is 1. The van der Waals surface area contributed by atoms with E-state index in [0.717, 1.165) is 49.0 Å². The lowest BCUT2D eigenvalue weighted by Gasteiger charge is -2.28. The van der Waals surface area contributed by atoms with Crippen LogP contribution in [-0.4, -0.2) is 32.6 Å². The van der Waals surface area contributed by atoms with E-state index in [1.54, 1.807) is 12.4 Å². The fourth-order valence-electron chi connectivity index (χ4n) is 4.11. The van der Waals surface area contributed by atoms with Crippen molar-refractivity contribution in [2.45, 2.75) is 51.4 Å². The van der Waals surface area contributed by atoms with Crippen LogP contribution < -0.4 is 5.32 Å². The number of nitrogens with one attached hydrogen (secondary N) is 2. The molecule has 1 aromatic carbocycles. The van der Waals surface area contributed by atoms with Crippen LogP contribution >= 0.6 is 0 Å². The van der Waals surface area contributed by atoms with Gasteiger partial charge in [-0.3, -0.25) is 9.89 Å². The van der Waals surface area contributed by atoms with E-state index in [0.29, 0.717) is 17.5 Å². The second-order valence-electron chi connectivity index (χ2n) is 7.96. The average molecular weight is 377 g/mol. The quantitative estimate of drug-likeness (QED) is 0.707. The second kappa shape index (κ2) is 8.09. The van der Waals surface area contributed by atoms with Crippen LogP contribution in [-0.2, 0) is 4.79 Å². The van der Waals surface area contributed by atoms with Crippen molar-refractivity contribution in [1.82, 2.24) is 25.5 Å². The molecule has 0 unspecified atom stereocenters. The molecule has 1 saturated carbocycles. The molecule has 1 amide bonds. The maximum atomic E-state index is 12.5. The van der Waals surface area contributed by atoms with Crippen molar-refractivity contribution >= 4 is 17.1 Å². The van der Waals surface area contributed by atoms with Gasteiger partial charge in [0.1, 0.15) is 5.52 Å². The normalized spacial score (nSPS) is 20.8. The fraction of sp³-hybridized carbons (Fsp3) is 0.455. The third-order valence-electron chi connectivity index (χ3n) is 6.01. The first-order valence-electron chi connectivity index (χ1n) is 10.1. The number of aryl methyl sites for hydroxylation is 1. The highest BCUT2D eigenvalue weighted by atomic mass is 16.1. The van der Waals surface area contributed by atoms with Crippen LogP contribution in [0.5, 0.6) is 0 Å². The average Bonchev–Trinajstić information content (AvgIpc) is 3.16. The molecule has 4 rings (SSSR count). The van der Waals surface area contributed by atoms with Crippen LogP contribution in [0.3, 0.4) is 0 Å². The Balaban J connectivity index is 1.28. The molecule has 0 saturated heterocycles. The van der Waals surface area contributed by atoms with Gasteiger partial charge in [-0.25, -0.2) is 9.97 Å². The number of carbonyl (C=O) groups excluding carboxylic acids is 1. The molecule has 0 radical (unpaired) electrons. The molecule has 1 aliphatic carbocycles. The lowest BCUT2D eigenvalue weighted by molar-refractivity contribution is -0.122. The summed E-state index contributed by atoms with van der Waals surface area (Å²) in [5.74, 6) is 0.971. The Morgan fingerprint density at radius 1 is 1.14 bits per heavy atom. The minimum Gasteiger partial charge on any atom is -0.355 e. The molecule has 0 aliphatic heterocycles. The Labute approximate surface area is 165 Å². The second-order valence-corrected chi connectivity index (χ2v) is 7.96. The summed E-state index contributed by atoms with van der Waals surface area (Å²) in [5.41, 5.74) is 4.98. The molecular formula is C22H27N5O. The van der Waals surface area contributed by atoms with E-state index in [1.807, 2.05) is 19.1 Å². The molecule has 2 N–H and O–H groups in total. The predicted octanol–water partition coefficient (Wildman–Crippen LogP) is 3.86. The number of fused-ring (bicyclic) bond motifs is 1. The lowest BCUT2D eigenvalue weighted by atomic mass is 9.80. The van der Waals surface area contributed by atoms with Crippen molar-refractivity contribution in [3.63, 3.8) is 0 Å². The van der Waals surface area contributed by atoms with Gasteiger partial charge in [-0.2, -0.15) is 5.10 Å². The topological polar surface area (TPSA) is 83.6 Å². The van der Waals surface area contributed by atoms with Gasteiger partial charge in [0.05, 0.1) is 11.6 Å². The van der Waals surface area contributed by atoms with Crippen molar-refractivity contribution < 1.29 is 4.79 Å². The molecule has 28 heavy (non-hydrogen) atoms. The highest BCUT2D eigenvalue weighted by Crippen LogP contribution is 2.36. The largest absolute Gasteiger partial charge is 0.355 e. The van der Waals surface area contributed by atoms with Crippen LogP contribution in [0.1, 0.15) is 61.3 Å². The van der Waals surface area contributed by atoms with E-state index in [2.05, 4.69) is 44.5 Å². The Morgan fingerprint density at radius 2 is 1.86 bits per heavy atom. The van der Waals surface area contributed by atoms with Crippen molar-refractivity contribution in [3.8, 4) is 0 Å². The maximum Gasteiger partial charge on any atom is 0.227 e. The number of H-pyrrole nitrogens is 1. The van der Waals surface area contributed by atoms with E-state index >= 15 is 0 Å². The molecule has 2 heterocycles. The van der Waals surface area contributed by atoms with Crippen molar-refractivity contribution in [1.29, 1.82) is 0 Å². The summed E-state index contributed by atoms with van der Waals surface area (Å²) in [7, 11) is 0. The Bertz CT molecular complexity index is 941. The third-order valence-corrected chi connectivity index (χ3v) is 6.01. The van der Waals surface area contributed by atoms with Crippen LogP contribution in [0.25, 0.3) is 11.2 Å². The lowest BCUT2D eigenvalue weighted by Crippen LogP contribution is -2.33. The van der Waals surface area contributed by atoms with Gasteiger partial charge in [0.25, 0.3) is 0 Å². The SMILES string of the molecule is Cc1ccc([C@@H](C)C(=O)NCC2CCC(c3[nH]nc4nccnc34)CC2)cc1. The monoisotopic (exact) mass is 377 g/mol. The van der Waals surface area contributed by atoms with E-state index in [4.69, 9.17) is 0 Å². The predicted molar refractivity (Wildman–Crippen MR) is 109 cm³/mol. The van der Waals surface area contributed by atoms with E-state index in [9.17, 15) is 4.79 Å². The van der Waals surface area contributed by atoms with E-state index in [-0.39, 0.29) is 11.8 Å². The number of aromatic amines is 1. The number of aromatic nitrogens is 4. The maximum absolute atomic E-state index is 12.5. The van der Waals surface area contributed by atoms with Gasteiger partial charge < -0.3 is 5.32 Å². The highest BCUT2D eigenvalue weighted by molar-refractivity contribution is 5.83. The summed E-state index contributed by atoms with van der Waals surface area (Å²) in [6.07, 6.45) is 7.76. The van der Waals surface area contributed by atoms with E-state index in [1.165, 1.54) is 5.56 Å². The minimum atomic E-state index is -0.119. The third kappa shape index (κ3) is 3.91. The number of hydrogen-bond acceptors (Lipinski definition) is 4. The molecule has 6 nitrogen and oxygen atoms in total. The molecule has 1 atom stereocenters. The number of nitrogens with zero attached hydrogens (tertiary/aromatic N) is 3. The molecular weight excluding hydrogens is 350 g/mol. The molecule has 0 bridgehead atoms. The standard InChI is InChI=1S/C22H27N5O/c1-14-3-7-17(8-4-14)15(2)22(28)25-13-16-5-9-18(10-6-16)19-20-21(27-26-19)24-12-11-23-20/h3-4,7-8,11-12,15-16,18H,5-6,9-10,13H2,1-2H3,(H,25,28)(H,24,26,27)/t15-,16?,18?/m1/s1. The zero-order valence-electron chi connectivity index (χ0n) is 16.5. The summed E-state index contributed by atoms with van der Waals surface area (Å²) in [6, 6.07) is 8.21. The van der Waals surface area contributed by atoms with Gasteiger partial charge in [0.15, 0.2) is 5.65 Å². The van der Waals surface area contributed by atoms with Gasteiger partial charge in [-0.1, -0.05) is 29.8 Å². The Morgan fingerprint density at radius 3 is 2.61 bits per heavy atom. The fourth-order valence-corrected chi connectivity index (χ4v) is 4.11. The van der Waals surface area contributed by atoms with Gasteiger partial charge in [-0.05, 0) is 51.0 Å². The zero-order valence-corrected chi connectivity index (χ0v) is 16.5. The smallest absolute Gasteiger partial charge is 0.227 e. The van der Waals surface area contributed by atoms with Crippen molar-refractivity contribution in [2.24, 2.45) is 5.92 Å². The zero-order chi connectivity index (χ0) is 19.5. The highest BCUT2D eigenvalue weighted by Gasteiger charge is 2.26. The molecule has 0 spiro atoms. The molecule has 1 aliphatic rings. The first-order chi connectivity index (χ1) is 13.6. The summed E-state index contributed by atoms with van der Waals surface area (Å²) < 4.78 is 0. The van der Waals surface area contributed by atoms with Gasteiger partial charge in [0.2, 0.25) is 5.91 Å². The Hall–Kier alpha value is -2.76. The van der Waals surface area contributed by atoms with Gasteiger partial charge >= 0.3 is 0 Å². The molecule has 3 aromatic rings. The first kappa shape index (κ1) is 18.6. The number of hydrogen-bond donors (Lipinski definition) is 2. The number of amides is 1. The summed E-state index contributed by atoms with van der Waals surface area (Å²) in [5, 5.41) is 10.6. The summed E-state index contributed by atoms with van der Waals surface area (Å²) >= 11 is 0. The van der Waals surface area contributed by atoms with Crippen LogP contribution in [0, 0.1) is 12.8 Å². The van der Waals surface area contributed by atoms with Gasteiger partial charge in [-0.15, -0.1) is 0 Å². The first-order valence-corrected chi connectivity index (χ1v) is 10.1. The molecule has 2 aromatic heterocycles. The summed E-state index contributed by atoms with van der Waals surface area (Å²) in [4.78, 5) is 21.2. The summed E-state index contributed by atoms with van der Waals surface area (Å²) in [6.45, 7) is 4.79. The Kier molecular flexibility index (Phi) is 5.37. The molecule has 146 valence electrons.